The van der Waals surface area contributed by atoms with Gasteiger partial charge in [-0.25, -0.2) is 0 Å². The summed E-state index contributed by atoms with van der Waals surface area (Å²) in [5, 5.41) is 7.27. The zero-order chi connectivity index (χ0) is 34.5. The van der Waals surface area contributed by atoms with Gasteiger partial charge in [0.1, 0.15) is 17.3 Å². The van der Waals surface area contributed by atoms with E-state index < -0.39 is 0 Å². The Labute approximate surface area is 308 Å². The van der Waals surface area contributed by atoms with Gasteiger partial charge in [0.25, 0.3) is 0 Å². The molecule has 0 fully saturated rings. The normalized spacial score (nSPS) is 12.9. The average Bonchev–Trinajstić information content (AvgIpc) is 3.17. The standard InChI is InChI=1S/C45H49N2S3/c1-4-33-48(40-13-9-7-10-14-40)42-25-17-36(18-26-42)46-38-21-29-44(30-22-38)50(35-6-3)45-31-23-39(24-32-45)47-37-19-27-43(28-20-37)49(34-5-2)41-15-11-8-12-16-41/h7-32,46-47H,4-6,33-35H2,1-3H3/q+3. The SMILES string of the molecule is CCC[S+](c1ccccc1)c1ccc(Nc2ccc([S+](CCC)c3ccc(Nc4ccc([S+](CCC)c5ccccc5)cc4)cc3)cc2)cc1. The van der Waals surface area contributed by atoms with Crippen molar-refractivity contribution < 1.29 is 0 Å². The predicted molar refractivity (Wildman–Crippen MR) is 222 cm³/mol. The predicted octanol–water partition coefficient (Wildman–Crippen LogP) is 12.5. The highest BCUT2D eigenvalue weighted by molar-refractivity contribution is 7.97. The molecule has 0 aromatic heterocycles. The van der Waals surface area contributed by atoms with Crippen LogP contribution in [0, 0.1) is 0 Å². The van der Waals surface area contributed by atoms with Gasteiger partial charge in [-0.1, -0.05) is 57.2 Å². The van der Waals surface area contributed by atoms with Gasteiger partial charge in [-0.3, -0.25) is 0 Å². The molecule has 254 valence electrons. The van der Waals surface area contributed by atoms with E-state index in [1.165, 1.54) is 53.7 Å². The number of hydrogen-bond acceptors (Lipinski definition) is 2. The summed E-state index contributed by atoms with van der Waals surface area (Å²) in [6.07, 6.45) is 3.50. The summed E-state index contributed by atoms with van der Waals surface area (Å²) in [5.74, 6) is 3.51. The lowest BCUT2D eigenvalue weighted by atomic mass is 10.2. The Hall–Kier alpha value is -4.03. The van der Waals surface area contributed by atoms with Crippen LogP contribution in [0.15, 0.2) is 187 Å². The van der Waals surface area contributed by atoms with Gasteiger partial charge in [0.15, 0.2) is 29.4 Å². The molecular formula is C45H49N2S3+3. The van der Waals surface area contributed by atoms with Gasteiger partial charge in [0, 0.05) is 22.7 Å². The summed E-state index contributed by atoms with van der Waals surface area (Å²) >= 11 is 0. The Morgan fingerprint density at radius 1 is 0.300 bits per heavy atom. The highest BCUT2D eigenvalue weighted by Gasteiger charge is 2.26. The van der Waals surface area contributed by atoms with E-state index >= 15 is 0 Å². The second kappa shape index (κ2) is 18.3. The third-order valence-electron chi connectivity index (χ3n) is 8.41. The van der Waals surface area contributed by atoms with Crippen LogP contribution in [-0.4, -0.2) is 17.3 Å². The number of benzene rings is 6. The van der Waals surface area contributed by atoms with E-state index in [2.05, 4.69) is 189 Å². The molecular weight excluding hydrogens is 665 g/mol. The van der Waals surface area contributed by atoms with Gasteiger partial charge >= 0.3 is 0 Å². The molecule has 0 aliphatic carbocycles. The van der Waals surface area contributed by atoms with Gasteiger partial charge in [-0.2, -0.15) is 0 Å². The van der Waals surface area contributed by atoms with E-state index in [1.54, 1.807) is 0 Å². The first-order valence-electron chi connectivity index (χ1n) is 17.8. The molecule has 0 spiro atoms. The van der Waals surface area contributed by atoms with Crippen LogP contribution >= 0.6 is 0 Å². The maximum Gasteiger partial charge on any atom is 0.160 e. The molecule has 2 atom stereocenters. The van der Waals surface area contributed by atoms with Crippen LogP contribution in [0.2, 0.25) is 0 Å². The molecule has 6 rings (SSSR count). The van der Waals surface area contributed by atoms with Gasteiger partial charge in [-0.05, 0) is 141 Å². The van der Waals surface area contributed by atoms with Crippen LogP contribution < -0.4 is 10.6 Å². The minimum absolute atomic E-state index is 0.0279. The monoisotopic (exact) mass is 713 g/mol. The summed E-state index contributed by atoms with van der Waals surface area (Å²) in [4.78, 5) is 8.42. The lowest BCUT2D eigenvalue weighted by Crippen LogP contribution is -2.09. The van der Waals surface area contributed by atoms with E-state index in [4.69, 9.17) is 0 Å². The first kappa shape index (κ1) is 35.8. The van der Waals surface area contributed by atoms with Crippen LogP contribution in [0.5, 0.6) is 0 Å². The van der Waals surface area contributed by atoms with Crippen molar-refractivity contribution >= 4 is 55.4 Å². The fraction of sp³-hybridized carbons (Fsp3) is 0.200. The molecule has 0 heterocycles. The van der Waals surface area contributed by atoms with Crippen LogP contribution in [0.25, 0.3) is 0 Å². The van der Waals surface area contributed by atoms with Crippen molar-refractivity contribution in [3.8, 4) is 0 Å². The molecule has 6 aromatic rings. The highest BCUT2D eigenvalue weighted by atomic mass is 32.2. The Morgan fingerprint density at radius 3 is 0.740 bits per heavy atom. The second-order valence-corrected chi connectivity index (χ2v) is 18.7. The van der Waals surface area contributed by atoms with Crippen LogP contribution in [0.1, 0.15) is 40.0 Å². The first-order chi connectivity index (χ1) is 24.6. The minimum Gasteiger partial charge on any atom is -0.356 e. The summed E-state index contributed by atoms with van der Waals surface area (Å²) < 4.78 is 0. The van der Waals surface area contributed by atoms with Crippen molar-refractivity contribution in [1.29, 1.82) is 0 Å². The molecule has 50 heavy (non-hydrogen) atoms. The Balaban J connectivity index is 1.09. The molecule has 0 radical (unpaired) electrons. The molecule has 0 saturated carbocycles. The van der Waals surface area contributed by atoms with Gasteiger partial charge in [-0.15, -0.1) is 0 Å². The molecule has 0 saturated heterocycles. The molecule has 5 heteroatoms. The molecule has 2 N–H and O–H groups in total. The van der Waals surface area contributed by atoms with E-state index in [-0.39, 0.29) is 32.7 Å². The van der Waals surface area contributed by atoms with Crippen LogP contribution in [-0.2, 0) is 32.7 Å². The van der Waals surface area contributed by atoms with E-state index in [1.807, 2.05) is 0 Å². The van der Waals surface area contributed by atoms with Crippen LogP contribution in [0.3, 0.4) is 0 Å². The fourth-order valence-electron chi connectivity index (χ4n) is 6.04. The van der Waals surface area contributed by atoms with Crippen molar-refractivity contribution in [1.82, 2.24) is 0 Å². The quantitative estimate of drug-likeness (QED) is 0.0976. The molecule has 2 nitrogen and oxygen atoms in total. The van der Waals surface area contributed by atoms with Crippen molar-refractivity contribution in [2.45, 2.75) is 69.4 Å². The zero-order valence-corrected chi connectivity index (χ0v) is 31.9. The molecule has 2 unspecified atom stereocenters. The van der Waals surface area contributed by atoms with E-state index in [9.17, 15) is 0 Å². The maximum absolute atomic E-state index is 3.63. The van der Waals surface area contributed by atoms with Crippen molar-refractivity contribution in [3.05, 3.63) is 158 Å². The number of nitrogens with one attached hydrogen (secondary N) is 2. The third kappa shape index (κ3) is 9.39. The van der Waals surface area contributed by atoms with Crippen molar-refractivity contribution in [2.24, 2.45) is 0 Å². The molecule has 6 aromatic carbocycles. The average molecular weight is 714 g/mol. The third-order valence-corrected chi connectivity index (χ3v) is 15.9. The topological polar surface area (TPSA) is 24.1 Å². The lowest BCUT2D eigenvalue weighted by molar-refractivity contribution is 1.09. The summed E-state index contributed by atoms with van der Waals surface area (Å²) in [5.41, 5.74) is 4.48. The molecule has 0 aliphatic rings. The maximum atomic E-state index is 3.63. The molecule has 0 aliphatic heterocycles. The largest absolute Gasteiger partial charge is 0.356 e. The fourth-order valence-corrected chi connectivity index (χ4v) is 12.3. The molecule has 0 bridgehead atoms. The smallest absolute Gasteiger partial charge is 0.160 e. The highest BCUT2D eigenvalue weighted by Crippen LogP contribution is 2.31. The van der Waals surface area contributed by atoms with E-state index in [0.717, 1.165) is 34.9 Å². The van der Waals surface area contributed by atoms with E-state index in [0.29, 0.717) is 0 Å². The number of hydrogen-bond donors (Lipinski definition) is 2. The van der Waals surface area contributed by atoms with Gasteiger partial charge < -0.3 is 10.6 Å². The number of rotatable bonds is 16. The lowest BCUT2D eigenvalue weighted by Gasteiger charge is -2.12. The first-order valence-corrected chi connectivity index (χ1v) is 22.0. The molecule has 0 amide bonds. The Bertz CT molecular complexity index is 1720. The minimum atomic E-state index is 0.0279. The summed E-state index contributed by atoms with van der Waals surface area (Å²) in [7, 11) is 0.254. The van der Waals surface area contributed by atoms with Crippen molar-refractivity contribution in [2.75, 3.05) is 27.9 Å². The number of anilines is 4. The Morgan fingerprint density at radius 2 is 0.520 bits per heavy atom. The summed E-state index contributed by atoms with van der Waals surface area (Å²) in [6, 6.07) is 58.1. The summed E-state index contributed by atoms with van der Waals surface area (Å²) in [6.45, 7) is 6.83. The second-order valence-electron chi connectivity index (χ2n) is 12.3. The zero-order valence-electron chi connectivity index (χ0n) is 29.5. The van der Waals surface area contributed by atoms with Crippen molar-refractivity contribution in [3.63, 3.8) is 0 Å². The van der Waals surface area contributed by atoms with Gasteiger partial charge in [0.05, 0.1) is 32.7 Å². The Kier molecular flexibility index (Phi) is 13.1. The van der Waals surface area contributed by atoms with Crippen LogP contribution in [0.4, 0.5) is 22.7 Å². The van der Waals surface area contributed by atoms with Gasteiger partial charge in [0.2, 0.25) is 0 Å².